The molecule has 1 aliphatic heterocycles. The molecule has 6 atom stereocenters. The molecule has 1 aromatic heterocycles. The highest BCUT2D eigenvalue weighted by Gasteiger charge is 2.59. The lowest BCUT2D eigenvalue weighted by molar-refractivity contribution is -0.144. The van der Waals surface area contributed by atoms with E-state index >= 15 is 0 Å². The van der Waals surface area contributed by atoms with E-state index in [4.69, 9.17) is 9.47 Å². The number of methoxy groups -OCH3 is 1. The number of aliphatic hydroxyl groups excluding tert-OH is 1. The smallest absolute Gasteiger partial charge is 0.311 e. The lowest BCUT2D eigenvalue weighted by Crippen LogP contribution is -2.54. The third kappa shape index (κ3) is 3.35. The average Bonchev–Trinajstić information content (AvgIpc) is 3.33. The molecule has 2 aromatic rings. The van der Waals surface area contributed by atoms with Gasteiger partial charge < -0.3 is 24.9 Å². The number of rotatable bonds is 6. The molecule has 172 valence electrons. The first-order valence-electron chi connectivity index (χ1n) is 11.9. The highest BCUT2D eigenvalue weighted by molar-refractivity contribution is 5.84. The fourth-order valence-corrected chi connectivity index (χ4v) is 6.27. The van der Waals surface area contributed by atoms with E-state index in [1.54, 1.807) is 7.11 Å². The molecule has 6 heteroatoms. The van der Waals surface area contributed by atoms with Gasteiger partial charge in [-0.05, 0) is 55.5 Å². The Morgan fingerprint density at radius 2 is 2.22 bits per heavy atom. The monoisotopic (exact) mass is 438 g/mol. The molecule has 6 nitrogen and oxygen atoms in total. The van der Waals surface area contributed by atoms with Crippen LogP contribution in [-0.4, -0.2) is 48.5 Å². The zero-order valence-corrected chi connectivity index (χ0v) is 19.2. The van der Waals surface area contributed by atoms with Gasteiger partial charge in [-0.25, -0.2) is 0 Å². The molecule has 0 spiro atoms. The number of carbonyl (C=O) groups is 1. The zero-order valence-electron chi connectivity index (χ0n) is 19.2. The molecule has 1 saturated heterocycles. The van der Waals surface area contributed by atoms with Crippen LogP contribution in [0, 0.1) is 23.2 Å². The molecule has 0 bridgehead atoms. The van der Waals surface area contributed by atoms with Crippen LogP contribution in [0.4, 0.5) is 0 Å². The molecule has 0 amide bonds. The quantitative estimate of drug-likeness (QED) is 0.365. The summed E-state index contributed by atoms with van der Waals surface area (Å²) in [7, 11) is 1.68. The molecule has 32 heavy (non-hydrogen) atoms. The van der Waals surface area contributed by atoms with Gasteiger partial charge in [-0.1, -0.05) is 25.5 Å². The average molecular weight is 439 g/mol. The normalized spacial score (nSPS) is 34.1. The summed E-state index contributed by atoms with van der Waals surface area (Å²) in [6.45, 7) is 5.70. The lowest BCUT2D eigenvalue weighted by Gasteiger charge is -2.51. The third-order valence-corrected chi connectivity index (χ3v) is 8.48. The van der Waals surface area contributed by atoms with E-state index in [0.29, 0.717) is 12.5 Å². The summed E-state index contributed by atoms with van der Waals surface area (Å²) in [5, 5.41) is 16.1. The predicted molar refractivity (Wildman–Crippen MR) is 123 cm³/mol. The van der Waals surface area contributed by atoms with E-state index in [-0.39, 0.29) is 29.3 Å². The second kappa shape index (κ2) is 8.23. The van der Waals surface area contributed by atoms with Crippen molar-refractivity contribution in [2.24, 2.45) is 23.2 Å². The van der Waals surface area contributed by atoms with Gasteiger partial charge in [-0.2, -0.15) is 0 Å². The summed E-state index contributed by atoms with van der Waals surface area (Å²) in [5.41, 5.74) is 3.33. The number of allylic oxidation sites excluding steroid dienone is 1. The zero-order chi connectivity index (χ0) is 22.5. The number of aromatic amines is 1. The van der Waals surface area contributed by atoms with E-state index in [1.807, 2.05) is 18.3 Å². The topological polar surface area (TPSA) is 83.6 Å². The Kier molecular flexibility index (Phi) is 5.54. The Morgan fingerprint density at radius 3 is 3.03 bits per heavy atom. The number of esters is 1. The first kappa shape index (κ1) is 21.5. The molecule has 3 aliphatic rings. The number of aliphatic hydroxyl groups is 1. The van der Waals surface area contributed by atoms with Crippen molar-refractivity contribution >= 4 is 16.9 Å². The van der Waals surface area contributed by atoms with Gasteiger partial charge in [0, 0.05) is 41.4 Å². The molecule has 0 radical (unpaired) electrons. The van der Waals surface area contributed by atoms with Gasteiger partial charge in [0.15, 0.2) is 0 Å². The molecule has 2 aliphatic carbocycles. The van der Waals surface area contributed by atoms with Crippen LogP contribution in [0.15, 0.2) is 36.0 Å². The second-order valence-electron chi connectivity index (χ2n) is 9.98. The number of carbonyl (C=O) groups excluding carboxylic acids is 1. The molecule has 5 rings (SSSR count). The van der Waals surface area contributed by atoms with Crippen LogP contribution in [0.25, 0.3) is 10.9 Å². The van der Waals surface area contributed by atoms with Crippen molar-refractivity contribution in [3.05, 3.63) is 41.6 Å². The number of benzene rings is 1. The first-order valence-corrected chi connectivity index (χ1v) is 11.9. The molecular weight excluding hydrogens is 404 g/mol. The van der Waals surface area contributed by atoms with Crippen molar-refractivity contribution in [3.63, 3.8) is 0 Å². The van der Waals surface area contributed by atoms with Crippen molar-refractivity contribution in [1.29, 1.82) is 0 Å². The van der Waals surface area contributed by atoms with Crippen LogP contribution >= 0.6 is 0 Å². The maximum absolute atomic E-state index is 12.7. The van der Waals surface area contributed by atoms with Crippen molar-refractivity contribution < 1.29 is 19.4 Å². The fraction of sp³-hybridized carbons (Fsp3) is 0.577. The maximum Gasteiger partial charge on any atom is 0.311 e. The van der Waals surface area contributed by atoms with Crippen molar-refractivity contribution in [3.8, 4) is 5.75 Å². The molecule has 1 saturated carbocycles. The number of fused-ring (bicyclic) bond motifs is 3. The van der Waals surface area contributed by atoms with Gasteiger partial charge >= 0.3 is 5.97 Å². The second-order valence-corrected chi connectivity index (χ2v) is 9.98. The van der Waals surface area contributed by atoms with E-state index in [2.05, 4.69) is 36.3 Å². The Hall–Kier alpha value is -2.31. The van der Waals surface area contributed by atoms with Crippen LogP contribution in [0.3, 0.4) is 0 Å². The number of nitrogens with one attached hydrogen (secondary N) is 2. The largest absolute Gasteiger partial charge is 0.497 e. The van der Waals surface area contributed by atoms with Crippen molar-refractivity contribution in [1.82, 2.24) is 10.3 Å². The van der Waals surface area contributed by atoms with Crippen molar-refractivity contribution in [2.75, 3.05) is 20.2 Å². The number of hydrogen-bond donors (Lipinski definition) is 3. The number of aromatic nitrogens is 1. The van der Waals surface area contributed by atoms with Gasteiger partial charge in [0.2, 0.25) is 0 Å². The lowest BCUT2D eigenvalue weighted by atomic mass is 9.55. The summed E-state index contributed by atoms with van der Waals surface area (Å²) < 4.78 is 11.1. The minimum absolute atomic E-state index is 0.143. The van der Waals surface area contributed by atoms with Gasteiger partial charge in [0.1, 0.15) is 11.9 Å². The number of hydrogen-bond acceptors (Lipinski definition) is 5. The molecule has 2 fully saturated rings. The van der Waals surface area contributed by atoms with Gasteiger partial charge in [0.05, 0.1) is 19.1 Å². The first-order chi connectivity index (χ1) is 15.4. The molecule has 3 N–H and O–H groups in total. The van der Waals surface area contributed by atoms with E-state index in [9.17, 15) is 9.90 Å². The van der Waals surface area contributed by atoms with Gasteiger partial charge in [0.25, 0.3) is 0 Å². The number of H-pyrrole nitrogens is 1. The third-order valence-electron chi connectivity index (χ3n) is 8.48. The Bertz CT molecular complexity index is 1040. The SMILES string of the molecule is COc1ccc2[nH]cc(CCNCC3C(=O)O[C@@H]4CC5=CCC[C@H](C)[C@@]5(C)[C@@H](O)[C@H]34)c2c1. The number of ether oxygens (including phenoxy) is 2. The molecule has 2 heterocycles. The summed E-state index contributed by atoms with van der Waals surface area (Å²) in [4.78, 5) is 16.0. The van der Waals surface area contributed by atoms with Crippen LogP contribution in [0.1, 0.15) is 38.7 Å². The maximum atomic E-state index is 12.7. The van der Waals surface area contributed by atoms with E-state index in [0.717, 1.165) is 48.9 Å². The summed E-state index contributed by atoms with van der Waals surface area (Å²) in [5.74, 6) is 0.636. The van der Waals surface area contributed by atoms with Crippen molar-refractivity contribution in [2.45, 2.75) is 51.7 Å². The minimum Gasteiger partial charge on any atom is -0.497 e. The Morgan fingerprint density at radius 1 is 1.38 bits per heavy atom. The van der Waals surface area contributed by atoms with E-state index < -0.39 is 6.10 Å². The predicted octanol–water partition coefficient (Wildman–Crippen LogP) is 3.59. The Labute approximate surface area is 189 Å². The highest BCUT2D eigenvalue weighted by Crippen LogP contribution is 2.55. The minimum atomic E-state index is -0.554. The van der Waals surface area contributed by atoms with E-state index in [1.165, 1.54) is 11.1 Å². The van der Waals surface area contributed by atoms with Gasteiger partial charge in [-0.15, -0.1) is 0 Å². The molecular formula is C26H34N2O4. The van der Waals surface area contributed by atoms with Crippen LogP contribution in [0.2, 0.25) is 0 Å². The molecule has 1 aromatic carbocycles. The highest BCUT2D eigenvalue weighted by atomic mass is 16.6. The standard InChI is InChI=1S/C26H34N2O4/c1-15-5-4-6-17-11-22-23(24(29)26(15,17)2)20(25(30)32-22)14-27-10-9-16-13-28-21-8-7-18(31-3)12-19(16)21/h6-8,12-13,15,20,22-24,27-29H,4-5,9-11,14H2,1-3H3/t15-,20?,22+,23+,24-,26+/m0/s1. The van der Waals surface area contributed by atoms with Crippen LogP contribution in [-0.2, 0) is 16.0 Å². The van der Waals surface area contributed by atoms with Crippen LogP contribution < -0.4 is 10.1 Å². The summed E-state index contributed by atoms with van der Waals surface area (Å²) >= 11 is 0. The summed E-state index contributed by atoms with van der Waals surface area (Å²) in [6.07, 6.45) is 7.30. The van der Waals surface area contributed by atoms with Crippen LogP contribution in [0.5, 0.6) is 5.75 Å². The molecule has 1 unspecified atom stereocenters. The van der Waals surface area contributed by atoms with Gasteiger partial charge in [-0.3, -0.25) is 4.79 Å². The fourth-order valence-electron chi connectivity index (χ4n) is 6.27. The summed E-state index contributed by atoms with van der Waals surface area (Å²) in [6, 6.07) is 6.03. The Balaban J connectivity index is 1.25.